The van der Waals surface area contributed by atoms with E-state index in [0.29, 0.717) is 32.7 Å². The highest BCUT2D eigenvalue weighted by molar-refractivity contribution is 7.22. The number of amides is 1. The topological polar surface area (TPSA) is 115 Å². The molecule has 1 aliphatic heterocycles. The van der Waals surface area contributed by atoms with Crippen molar-refractivity contribution in [2.75, 3.05) is 12.1 Å². The largest absolute Gasteiger partial charge is 0.454 e. The number of rotatable bonds is 4. The van der Waals surface area contributed by atoms with Crippen LogP contribution < -0.4 is 26.0 Å². The minimum Gasteiger partial charge on any atom is -0.454 e. The van der Waals surface area contributed by atoms with E-state index in [9.17, 15) is 14.4 Å². The Hall–Kier alpha value is -3.63. The van der Waals surface area contributed by atoms with E-state index in [1.165, 1.54) is 11.3 Å². The van der Waals surface area contributed by atoms with Gasteiger partial charge in [-0.15, -0.1) is 0 Å². The van der Waals surface area contributed by atoms with Crippen LogP contribution in [0.2, 0.25) is 5.02 Å². The average molecular weight is 457 g/mol. The summed E-state index contributed by atoms with van der Waals surface area (Å²) in [5, 5.41) is 3.48. The number of fused-ring (bicyclic) bond motifs is 2. The lowest BCUT2D eigenvalue weighted by Gasteiger charge is -2.08. The Bertz CT molecular complexity index is 1460. The number of hydrogen-bond donors (Lipinski definition) is 2. The second-order valence-corrected chi connectivity index (χ2v) is 8.14. The molecule has 1 amide bonds. The summed E-state index contributed by atoms with van der Waals surface area (Å²) in [5.41, 5.74) is -0.238. The minimum absolute atomic E-state index is 0.0361. The summed E-state index contributed by atoms with van der Waals surface area (Å²) >= 11 is 7.21. The molecular weight excluding hydrogens is 444 g/mol. The van der Waals surface area contributed by atoms with Crippen LogP contribution in [-0.4, -0.2) is 27.2 Å². The number of anilines is 1. The molecule has 3 heterocycles. The number of aromatic nitrogens is 3. The molecule has 0 fully saturated rings. The van der Waals surface area contributed by atoms with Gasteiger partial charge in [0.1, 0.15) is 5.56 Å². The number of H-pyrrole nitrogens is 1. The molecule has 5 rings (SSSR count). The number of thiazole rings is 1. The number of ether oxygens (including phenoxy) is 2. The van der Waals surface area contributed by atoms with Gasteiger partial charge in [0.15, 0.2) is 16.6 Å². The van der Waals surface area contributed by atoms with E-state index in [0.717, 1.165) is 15.5 Å². The Morgan fingerprint density at radius 3 is 2.90 bits per heavy atom. The zero-order chi connectivity index (χ0) is 21.5. The number of nitrogens with one attached hydrogen (secondary N) is 2. The van der Waals surface area contributed by atoms with Crippen LogP contribution in [0, 0.1) is 0 Å². The molecule has 1 aliphatic rings. The molecule has 0 spiro atoms. The third kappa shape index (κ3) is 3.66. The number of carbonyl (C=O) groups is 1. The van der Waals surface area contributed by atoms with E-state index in [1.807, 2.05) is 0 Å². The number of carbonyl (C=O) groups excluding carboxylic acids is 1. The first kappa shape index (κ1) is 19.3. The lowest BCUT2D eigenvalue weighted by molar-refractivity contribution is 0.102. The first-order chi connectivity index (χ1) is 15.0. The van der Waals surface area contributed by atoms with Crippen molar-refractivity contribution < 1.29 is 14.3 Å². The van der Waals surface area contributed by atoms with Crippen LogP contribution in [0.4, 0.5) is 5.13 Å². The average Bonchev–Trinajstić information content (AvgIpc) is 3.36. The van der Waals surface area contributed by atoms with Gasteiger partial charge in [-0.25, -0.2) is 9.78 Å². The molecule has 0 radical (unpaired) electrons. The zero-order valence-electron chi connectivity index (χ0n) is 15.7. The van der Waals surface area contributed by atoms with Crippen LogP contribution in [0.15, 0.2) is 52.2 Å². The van der Waals surface area contributed by atoms with Crippen LogP contribution in [0.3, 0.4) is 0 Å². The highest BCUT2D eigenvalue weighted by Gasteiger charge is 2.18. The van der Waals surface area contributed by atoms with Gasteiger partial charge in [0, 0.05) is 11.2 Å². The number of aromatic amines is 1. The van der Waals surface area contributed by atoms with Crippen LogP contribution >= 0.6 is 22.9 Å². The van der Waals surface area contributed by atoms with Gasteiger partial charge in [-0.3, -0.25) is 19.5 Å². The smallest absolute Gasteiger partial charge is 0.328 e. The summed E-state index contributed by atoms with van der Waals surface area (Å²) in [4.78, 5) is 44.6. The summed E-state index contributed by atoms with van der Waals surface area (Å²) in [6, 6.07) is 10.3. The quantitative estimate of drug-likeness (QED) is 0.488. The standard InChI is InChI=1S/C20H13ClN4O5S/c21-11-2-3-13-16(6-11)31-19(23-13)24-17(26)12-7-22-20(28)25(18(12)27)8-10-1-4-14-15(5-10)30-9-29-14/h1-7H,8-9H2,(H,22,28)(H,23,24,26). The molecule has 0 saturated heterocycles. The van der Waals surface area contributed by atoms with Crippen molar-refractivity contribution >= 4 is 44.2 Å². The lowest BCUT2D eigenvalue weighted by Crippen LogP contribution is -2.39. The summed E-state index contributed by atoms with van der Waals surface area (Å²) in [7, 11) is 0. The monoisotopic (exact) mass is 456 g/mol. The van der Waals surface area contributed by atoms with Crippen LogP contribution in [0.5, 0.6) is 11.5 Å². The van der Waals surface area contributed by atoms with Gasteiger partial charge in [-0.2, -0.15) is 0 Å². The molecule has 0 atom stereocenters. The van der Waals surface area contributed by atoms with Gasteiger partial charge >= 0.3 is 5.69 Å². The van der Waals surface area contributed by atoms with Gasteiger partial charge in [0.2, 0.25) is 6.79 Å². The maximum absolute atomic E-state index is 12.9. The Kier molecular flexibility index (Phi) is 4.72. The van der Waals surface area contributed by atoms with Gasteiger partial charge in [0.05, 0.1) is 16.8 Å². The molecule has 9 nitrogen and oxygen atoms in total. The van der Waals surface area contributed by atoms with Crippen molar-refractivity contribution in [1.82, 2.24) is 14.5 Å². The Morgan fingerprint density at radius 1 is 1.19 bits per heavy atom. The fourth-order valence-corrected chi connectivity index (χ4v) is 4.29. The van der Waals surface area contributed by atoms with Crippen molar-refractivity contribution in [3.63, 3.8) is 0 Å². The molecule has 0 bridgehead atoms. The minimum atomic E-state index is -0.719. The van der Waals surface area contributed by atoms with Crippen molar-refractivity contribution in [3.8, 4) is 11.5 Å². The van der Waals surface area contributed by atoms with Crippen molar-refractivity contribution in [2.45, 2.75) is 6.54 Å². The number of nitrogens with zero attached hydrogens (tertiary/aromatic N) is 2. The molecule has 11 heteroatoms. The van der Waals surface area contributed by atoms with E-state index >= 15 is 0 Å². The van der Waals surface area contributed by atoms with Crippen molar-refractivity contribution in [2.24, 2.45) is 0 Å². The molecule has 2 aromatic carbocycles. The Labute approximate surface area is 182 Å². The predicted octanol–water partition coefficient (Wildman–Crippen LogP) is 2.83. The Morgan fingerprint density at radius 2 is 2.03 bits per heavy atom. The van der Waals surface area contributed by atoms with Crippen molar-refractivity contribution in [3.05, 3.63) is 79.6 Å². The van der Waals surface area contributed by atoms with E-state index in [4.69, 9.17) is 21.1 Å². The first-order valence-electron chi connectivity index (χ1n) is 9.06. The lowest BCUT2D eigenvalue weighted by atomic mass is 10.2. The van der Waals surface area contributed by atoms with E-state index in [2.05, 4.69) is 15.3 Å². The predicted molar refractivity (Wildman–Crippen MR) is 116 cm³/mol. The van der Waals surface area contributed by atoms with E-state index in [1.54, 1.807) is 36.4 Å². The van der Waals surface area contributed by atoms with E-state index in [-0.39, 0.29) is 18.9 Å². The van der Waals surface area contributed by atoms with Gasteiger partial charge in [-0.05, 0) is 35.9 Å². The first-order valence-corrected chi connectivity index (χ1v) is 10.3. The molecular formula is C20H13ClN4O5S. The molecule has 31 heavy (non-hydrogen) atoms. The number of benzene rings is 2. The highest BCUT2D eigenvalue weighted by Crippen LogP contribution is 2.32. The van der Waals surface area contributed by atoms with Crippen LogP contribution in [0.1, 0.15) is 15.9 Å². The van der Waals surface area contributed by atoms with E-state index < -0.39 is 17.2 Å². The van der Waals surface area contributed by atoms with Gasteiger partial charge in [0.25, 0.3) is 11.5 Å². The molecule has 0 aliphatic carbocycles. The summed E-state index contributed by atoms with van der Waals surface area (Å²) in [5.74, 6) is 0.452. The summed E-state index contributed by atoms with van der Waals surface area (Å²) in [6.45, 7) is 0.0819. The second kappa shape index (κ2) is 7.56. The molecule has 2 N–H and O–H groups in total. The Balaban J connectivity index is 1.43. The second-order valence-electron chi connectivity index (χ2n) is 6.67. The third-order valence-electron chi connectivity index (χ3n) is 4.65. The molecule has 4 aromatic rings. The van der Waals surface area contributed by atoms with Gasteiger partial charge in [-0.1, -0.05) is 29.0 Å². The van der Waals surface area contributed by atoms with Crippen LogP contribution in [0.25, 0.3) is 10.2 Å². The fraction of sp³-hybridized carbons (Fsp3) is 0.100. The normalized spacial score (nSPS) is 12.3. The highest BCUT2D eigenvalue weighted by atomic mass is 35.5. The summed E-state index contributed by atoms with van der Waals surface area (Å²) in [6.07, 6.45) is 1.10. The zero-order valence-corrected chi connectivity index (χ0v) is 17.2. The number of hydrogen-bond acceptors (Lipinski definition) is 7. The SMILES string of the molecule is O=C(Nc1nc2ccc(Cl)cc2s1)c1c[nH]c(=O)n(Cc2ccc3c(c2)OCO3)c1=O. The maximum atomic E-state index is 12.9. The fourth-order valence-electron chi connectivity index (χ4n) is 3.16. The molecule has 156 valence electrons. The summed E-state index contributed by atoms with van der Waals surface area (Å²) < 4.78 is 12.3. The maximum Gasteiger partial charge on any atom is 0.328 e. The van der Waals surface area contributed by atoms with Crippen molar-refractivity contribution in [1.29, 1.82) is 0 Å². The molecule has 2 aromatic heterocycles. The molecule has 0 unspecified atom stereocenters. The van der Waals surface area contributed by atoms with Gasteiger partial charge < -0.3 is 14.5 Å². The van der Waals surface area contributed by atoms with Crippen LogP contribution in [-0.2, 0) is 6.54 Å². The number of halogens is 1. The third-order valence-corrected chi connectivity index (χ3v) is 5.82. The molecule has 0 saturated carbocycles.